The van der Waals surface area contributed by atoms with Crippen molar-refractivity contribution in [1.29, 1.82) is 0 Å². The van der Waals surface area contributed by atoms with Crippen LogP contribution in [0.25, 0.3) is 0 Å². The summed E-state index contributed by atoms with van der Waals surface area (Å²) in [6, 6.07) is 11.8. The van der Waals surface area contributed by atoms with Gasteiger partial charge in [-0.15, -0.1) is 0 Å². The molecular weight excluding hydrogens is 688 g/mol. The number of aromatic nitrogens is 2. The second-order valence-corrected chi connectivity index (χ2v) is 15.2. The number of carbonyl (C=O) groups excluding carboxylic acids is 5. The standard InChI is InChI=1S/C41H54N6O7/c1-26(2)21-44-38(51)19-36(50)35(18-29-12-8-5-9-13-29)46-40(53)41(20-31-22-43-25-45-31,33-24-54-37-15-14-30(23-48)16-32(33)37)47(27(3)49)39(52)34(42)17-28-10-6-4-7-11-28/h4,6-7,10-11,14-16,22-23,25-26,29,33-36,50H,5,8-9,12-13,17-21,24,42H2,1-3H3,(H,43,45)(H,44,51)(H,46,53)/t33?,34-,35-,36-,41-/m0/s1. The molecule has 3 aromatic rings. The number of nitrogens with two attached hydrogens (primary N) is 1. The van der Waals surface area contributed by atoms with Crippen LogP contribution >= 0.6 is 0 Å². The van der Waals surface area contributed by atoms with Crippen LogP contribution in [0.5, 0.6) is 5.75 Å². The summed E-state index contributed by atoms with van der Waals surface area (Å²) >= 11 is 0. The number of imidazole rings is 1. The van der Waals surface area contributed by atoms with Gasteiger partial charge in [-0.25, -0.2) is 4.98 Å². The normalized spacial score (nSPS) is 18.4. The van der Waals surface area contributed by atoms with E-state index in [1.165, 1.54) is 19.4 Å². The van der Waals surface area contributed by atoms with E-state index in [2.05, 4.69) is 20.6 Å². The summed E-state index contributed by atoms with van der Waals surface area (Å²) in [6.07, 6.45) is 7.30. The Morgan fingerprint density at radius 3 is 2.50 bits per heavy atom. The molecule has 4 amide bonds. The molecular formula is C41H54N6O7. The summed E-state index contributed by atoms with van der Waals surface area (Å²) in [6.45, 7) is 5.48. The minimum absolute atomic E-state index is 0.0900. The van der Waals surface area contributed by atoms with Gasteiger partial charge in [0.05, 0.1) is 43.5 Å². The van der Waals surface area contributed by atoms with E-state index in [-0.39, 0.29) is 43.6 Å². The Labute approximate surface area is 316 Å². The fourth-order valence-corrected chi connectivity index (χ4v) is 7.94. The summed E-state index contributed by atoms with van der Waals surface area (Å²) in [5, 5.41) is 17.7. The smallest absolute Gasteiger partial charge is 0.247 e. The third-order valence-electron chi connectivity index (χ3n) is 10.7. The topological polar surface area (TPSA) is 197 Å². The zero-order valence-electron chi connectivity index (χ0n) is 31.5. The highest BCUT2D eigenvalue weighted by Gasteiger charge is 2.58. The Bertz CT molecular complexity index is 1740. The summed E-state index contributed by atoms with van der Waals surface area (Å²) in [4.78, 5) is 77.6. The lowest BCUT2D eigenvalue weighted by atomic mass is 9.73. The van der Waals surface area contributed by atoms with Crippen LogP contribution < -0.4 is 21.1 Å². The second kappa shape index (κ2) is 18.4. The number of aliphatic hydroxyl groups is 1. The average molecular weight is 743 g/mol. The number of hydrogen-bond acceptors (Lipinski definition) is 9. The number of benzene rings is 2. The Morgan fingerprint density at radius 2 is 1.85 bits per heavy atom. The maximum Gasteiger partial charge on any atom is 0.247 e. The Morgan fingerprint density at radius 1 is 1.11 bits per heavy atom. The molecule has 13 heteroatoms. The first-order chi connectivity index (χ1) is 25.9. The number of nitrogens with one attached hydrogen (secondary N) is 3. The summed E-state index contributed by atoms with van der Waals surface area (Å²) in [5.41, 5.74) is 6.56. The van der Waals surface area contributed by atoms with Crippen LogP contribution in [0.15, 0.2) is 61.1 Å². The van der Waals surface area contributed by atoms with Gasteiger partial charge in [-0.1, -0.05) is 76.3 Å². The van der Waals surface area contributed by atoms with Crippen molar-refractivity contribution in [2.24, 2.45) is 17.6 Å². The van der Waals surface area contributed by atoms with Gasteiger partial charge in [0, 0.05) is 42.9 Å². The lowest BCUT2D eigenvalue weighted by Gasteiger charge is -2.46. The van der Waals surface area contributed by atoms with Crippen LogP contribution in [0.4, 0.5) is 0 Å². The highest BCUT2D eigenvalue weighted by atomic mass is 16.5. The fourth-order valence-electron chi connectivity index (χ4n) is 7.94. The van der Waals surface area contributed by atoms with Gasteiger partial charge in [0.1, 0.15) is 17.6 Å². The van der Waals surface area contributed by atoms with E-state index < -0.39 is 47.4 Å². The molecule has 0 saturated heterocycles. The number of aromatic amines is 1. The summed E-state index contributed by atoms with van der Waals surface area (Å²) in [5.74, 6) is -2.79. The quantitative estimate of drug-likeness (QED) is 0.128. The van der Waals surface area contributed by atoms with Crippen LogP contribution in [-0.4, -0.2) is 86.8 Å². The van der Waals surface area contributed by atoms with Crippen molar-refractivity contribution in [3.63, 3.8) is 0 Å². The molecule has 5 rings (SSSR count). The van der Waals surface area contributed by atoms with Gasteiger partial charge in [-0.05, 0) is 48.4 Å². The molecule has 0 radical (unpaired) electrons. The predicted octanol–water partition coefficient (Wildman–Crippen LogP) is 3.60. The number of imide groups is 1. The Hall–Kier alpha value is -4.88. The van der Waals surface area contributed by atoms with E-state index in [4.69, 9.17) is 10.5 Å². The van der Waals surface area contributed by atoms with Crippen molar-refractivity contribution in [3.8, 4) is 5.75 Å². The van der Waals surface area contributed by atoms with Crippen molar-refractivity contribution in [3.05, 3.63) is 83.4 Å². The molecule has 5 atom stereocenters. The zero-order chi connectivity index (χ0) is 38.8. The van der Waals surface area contributed by atoms with Gasteiger partial charge >= 0.3 is 0 Å². The molecule has 6 N–H and O–H groups in total. The highest BCUT2D eigenvalue weighted by molar-refractivity contribution is 6.04. The van der Waals surface area contributed by atoms with Crippen LogP contribution in [0.3, 0.4) is 0 Å². The monoisotopic (exact) mass is 742 g/mol. The summed E-state index contributed by atoms with van der Waals surface area (Å²) in [7, 11) is 0. The molecule has 1 aliphatic carbocycles. The molecule has 1 unspecified atom stereocenters. The number of hydrogen-bond donors (Lipinski definition) is 5. The number of rotatable bonds is 17. The van der Waals surface area contributed by atoms with Gasteiger partial charge in [-0.2, -0.15) is 0 Å². The maximum absolute atomic E-state index is 15.6. The van der Waals surface area contributed by atoms with Crippen molar-refractivity contribution >= 4 is 29.9 Å². The number of aldehydes is 1. The maximum atomic E-state index is 15.6. The lowest BCUT2D eigenvalue weighted by Crippen LogP contribution is -2.70. The highest BCUT2D eigenvalue weighted by Crippen LogP contribution is 2.46. The van der Waals surface area contributed by atoms with E-state index in [9.17, 15) is 24.3 Å². The van der Waals surface area contributed by atoms with Crippen LogP contribution in [0.1, 0.15) is 98.8 Å². The van der Waals surface area contributed by atoms with Gasteiger partial charge in [0.15, 0.2) is 0 Å². The molecule has 2 aliphatic rings. The third-order valence-corrected chi connectivity index (χ3v) is 10.7. The minimum atomic E-state index is -2.04. The molecule has 1 aliphatic heterocycles. The molecule has 0 spiro atoms. The van der Waals surface area contributed by atoms with Crippen molar-refractivity contribution in [2.45, 2.75) is 108 Å². The first kappa shape index (κ1) is 40.3. The SMILES string of the molecule is CC(=O)N(C(=O)[C@@H](N)Cc1ccccc1)[C@](Cc1cnc[nH]1)(C(=O)N[C@@H](CC1CCCCC1)[C@@H](O)CC(=O)NCC(C)C)C1COc2ccc(C=O)cc21. The molecule has 2 aromatic carbocycles. The number of H-pyrrole nitrogens is 1. The van der Waals surface area contributed by atoms with E-state index in [1.54, 1.807) is 18.2 Å². The van der Waals surface area contributed by atoms with Gasteiger partial charge < -0.3 is 31.2 Å². The molecule has 1 fully saturated rings. The molecule has 1 saturated carbocycles. The van der Waals surface area contributed by atoms with E-state index in [0.29, 0.717) is 41.8 Å². The first-order valence-corrected chi connectivity index (χ1v) is 19.0. The third kappa shape index (κ3) is 9.61. The van der Waals surface area contributed by atoms with Crippen LogP contribution in [-0.2, 0) is 32.0 Å². The Balaban J connectivity index is 1.63. The molecule has 290 valence electrons. The number of ether oxygens (including phenoxy) is 1. The number of nitrogens with zero attached hydrogens (tertiary/aromatic N) is 2. The fraction of sp³-hybridized carbons (Fsp3) is 0.512. The van der Waals surface area contributed by atoms with E-state index in [1.807, 2.05) is 44.2 Å². The number of amides is 4. The zero-order valence-corrected chi connectivity index (χ0v) is 31.5. The van der Waals surface area contributed by atoms with Crippen LogP contribution in [0, 0.1) is 11.8 Å². The minimum Gasteiger partial charge on any atom is -0.493 e. The molecule has 13 nitrogen and oxygen atoms in total. The predicted molar refractivity (Wildman–Crippen MR) is 202 cm³/mol. The first-order valence-electron chi connectivity index (χ1n) is 19.0. The average Bonchev–Trinajstić information content (AvgIpc) is 3.84. The van der Waals surface area contributed by atoms with Gasteiger partial charge in [-0.3, -0.25) is 28.9 Å². The second-order valence-electron chi connectivity index (χ2n) is 15.2. The lowest BCUT2D eigenvalue weighted by molar-refractivity contribution is -0.161. The summed E-state index contributed by atoms with van der Waals surface area (Å²) < 4.78 is 6.12. The number of aliphatic hydroxyl groups excluding tert-OH is 1. The molecule has 0 bridgehead atoms. The number of fused-ring (bicyclic) bond motifs is 1. The number of carbonyl (C=O) groups is 5. The molecule has 1 aromatic heterocycles. The van der Waals surface area contributed by atoms with Crippen molar-refractivity contribution < 1.29 is 33.8 Å². The largest absolute Gasteiger partial charge is 0.493 e. The van der Waals surface area contributed by atoms with E-state index >= 15 is 4.79 Å². The Kier molecular flexibility index (Phi) is 13.8. The molecule has 54 heavy (non-hydrogen) atoms. The van der Waals surface area contributed by atoms with E-state index in [0.717, 1.165) is 42.6 Å². The van der Waals surface area contributed by atoms with Crippen molar-refractivity contribution in [1.82, 2.24) is 25.5 Å². The van der Waals surface area contributed by atoms with Gasteiger partial charge in [0.25, 0.3) is 0 Å². The molecule has 2 heterocycles. The van der Waals surface area contributed by atoms with Crippen molar-refractivity contribution in [2.75, 3.05) is 13.2 Å². The van der Waals surface area contributed by atoms with Crippen LogP contribution in [0.2, 0.25) is 0 Å². The van der Waals surface area contributed by atoms with Gasteiger partial charge in [0.2, 0.25) is 23.6 Å².